The van der Waals surface area contributed by atoms with Gasteiger partial charge in [-0.15, -0.1) is 0 Å². The molecule has 0 fully saturated rings. The van der Waals surface area contributed by atoms with E-state index in [2.05, 4.69) is 0 Å². The van der Waals surface area contributed by atoms with Gasteiger partial charge in [0.15, 0.2) is 0 Å². The zero-order valence-corrected chi connectivity index (χ0v) is 10.4. The summed E-state index contributed by atoms with van der Waals surface area (Å²) in [6.07, 6.45) is 0. The molecule has 0 heterocycles. The summed E-state index contributed by atoms with van der Waals surface area (Å²) in [4.78, 5) is 21.5. The highest BCUT2D eigenvalue weighted by Crippen LogP contribution is 2.32. The molecule has 2 aromatic rings. The quantitative estimate of drug-likeness (QED) is 0.771. The van der Waals surface area contributed by atoms with Gasteiger partial charge in [-0.1, -0.05) is 24.3 Å². The van der Waals surface area contributed by atoms with E-state index in [1.165, 1.54) is 6.07 Å². The Kier molecular flexibility index (Phi) is 3.69. The average molecular weight is 285 g/mol. The summed E-state index contributed by atoms with van der Waals surface area (Å²) in [6, 6.07) is 10.1. The van der Waals surface area contributed by atoms with Crippen LogP contribution in [0.25, 0.3) is 10.8 Å². The Hall–Kier alpha value is -1.78. The maximum Gasteiger partial charge on any atom is 0.409 e. The summed E-state index contributed by atoms with van der Waals surface area (Å²) < 4.78 is 9.58. The van der Waals surface area contributed by atoms with Gasteiger partial charge in [-0.2, -0.15) is 0 Å². The first-order valence-corrected chi connectivity index (χ1v) is 5.59. The third kappa shape index (κ3) is 2.91. The lowest BCUT2D eigenvalue weighted by Gasteiger charge is -2.08. The van der Waals surface area contributed by atoms with E-state index < -0.39 is 10.9 Å². The summed E-state index contributed by atoms with van der Waals surface area (Å²) in [7, 11) is 0. The Morgan fingerprint density at radius 2 is 1.61 bits per heavy atom. The third-order valence-electron chi connectivity index (χ3n) is 2.19. The van der Waals surface area contributed by atoms with Crippen LogP contribution < -0.4 is 9.47 Å². The summed E-state index contributed by atoms with van der Waals surface area (Å²) in [5.74, 6) is 0.364. The van der Waals surface area contributed by atoms with E-state index in [1.54, 1.807) is 30.3 Å². The standard InChI is InChI=1S/C12H6Cl2O4/c13-11(15)17-8-5-7-3-1-2-4-9(7)10(6-8)18-12(14)16/h1-6H. The highest BCUT2D eigenvalue weighted by atomic mass is 35.5. The van der Waals surface area contributed by atoms with Crippen LogP contribution >= 0.6 is 23.2 Å². The molecule has 0 saturated carbocycles. The van der Waals surface area contributed by atoms with E-state index >= 15 is 0 Å². The highest BCUT2D eigenvalue weighted by Gasteiger charge is 2.10. The molecule has 0 aliphatic carbocycles. The van der Waals surface area contributed by atoms with Crippen molar-refractivity contribution in [3.63, 3.8) is 0 Å². The summed E-state index contributed by atoms with van der Waals surface area (Å²) in [6.45, 7) is 0. The highest BCUT2D eigenvalue weighted by molar-refractivity contribution is 6.61. The van der Waals surface area contributed by atoms with Crippen molar-refractivity contribution in [1.82, 2.24) is 0 Å². The number of rotatable bonds is 2. The van der Waals surface area contributed by atoms with Crippen molar-refractivity contribution in [3.05, 3.63) is 36.4 Å². The number of fused-ring (bicyclic) bond motifs is 1. The van der Waals surface area contributed by atoms with Crippen LogP contribution in [0.4, 0.5) is 9.59 Å². The minimum atomic E-state index is -0.978. The fraction of sp³-hybridized carbons (Fsp3) is 0. The van der Waals surface area contributed by atoms with Gasteiger partial charge in [-0.3, -0.25) is 0 Å². The Morgan fingerprint density at radius 1 is 0.944 bits per heavy atom. The number of carbonyl (C=O) groups excluding carboxylic acids is 2. The van der Waals surface area contributed by atoms with Crippen LogP contribution in [0, 0.1) is 0 Å². The van der Waals surface area contributed by atoms with Crippen molar-refractivity contribution in [3.8, 4) is 11.5 Å². The largest absolute Gasteiger partial charge is 0.414 e. The molecule has 0 radical (unpaired) electrons. The molecule has 0 unspecified atom stereocenters. The molecule has 0 aliphatic heterocycles. The second kappa shape index (κ2) is 5.25. The first kappa shape index (κ1) is 12.7. The Balaban J connectivity index is 2.56. The van der Waals surface area contributed by atoms with Gasteiger partial charge in [0.25, 0.3) is 0 Å². The lowest BCUT2D eigenvalue weighted by molar-refractivity contribution is 0.224. The molecule has 0 bridgehead atoms. The van der Waals surface area contributed by atoms with Crippen LogP contribution in [0.15, 0.2) is 36.4 Å². The molecule has 0 aromatic heterocycles. The molecule has 18 heavy (non-hydrogen) atoms. The lowest BCUT2D eigenvalue weighted by atomic mass is 10.1. The zero-order valence-electron chi connectivity index (χ0n) is 8.85. The van der Waals surface area contributed by atoms with E-state index in [1.807, 2.05) is 0 Å². The predicted molar refractivity (Wildman–Crippen MR) is 67.7 cm³/mol. The van der Waals surface area contributed by atoms with Gasteiger partial charge in [0.1, 0.15) is 11.5 Å². The fourth-order valence-corrected chi connectivity index (χ4v) is 1.74. The molecule has 0 N–H and O–H groups in total. The van der Waals surface area contributed by atoms with Crippen molar-refractivity contribution in [2.45, 2.75) is 0 Å². The van der Waals surface area contributed by atoms with Gasteiger partial charge >= 0.3 is 10.9 Å². The van der Waals surface area contributed by atoms with Crippen LogP contribution in [0.2, 0.25) is 0 Å². The van der Waals surface area contributed by atoms with Crippen molar-refractivity contribution >= 4 is 44.8 Å². The third-order valence-corrected chi connectivity index (χ3v) is 2.34. The summed E-state index contributed by atoms with van der Waals surface area (Å²) >= 11 is 10.3. The van der Waals surface area contributed by atoms with Gasteiger partial charge in [0.2, 0.25) is 0 Å². The number of halogens is 2. The van der Waals surface area contributed by atoms with Gasteiger partial charge < -0.3 is 9.47 Å². The average Bonchev–Trinajstić information content (AvgIpc) is 2.27. The van der Waals surface area contributed by atoms with Crippen molar-refractivity contribution in [2.24, 2.45) is 0 Å². The van der Waals surface area contributed by atoms with Crippen LogP contribution in [-0.2, 0) is 0 Å². The Labute approximate surface area is 112 Å². The fourth-order valence-electron chi connectivity index (χ4n) is 1.57. The smallest absolute Gasteiger partial charge is 0.409 e. The Bertz CT molecular complexity index is 625. The number of ether oxygens (including phenoxy) is 2. The van der Waals surface area contributed by atoms with E-state index in [4.69, 9.17) is 32.7 Å². The maximum absolute atomic E-state index is 10.8. The van der Waals surface area contributed by atoms with Crippen LogP contribution in [-0.4, -0.2) is 10.9 Å². The van der Waals surface area contributed by atoms with Gasteiger partial charge in [0, 0.05) is 34.7 Å². The number of hydrogen-bond acceptors (Lipinski definition) is 4. The summed E-state index contributed by atoms with van der Waals surface area (Å²) in [5, 5.41) is 1.39. The van der Waals surface area contributed by atoms with E-state index in [-0.39, 0.29) is 11.5 Å². The number of benzene rings is 2. The number of carbonyl (C=O) groups is 2. The molecule has 4 nitrogen and oxygen atoms in total. The minimum Gasteiger partial charge on any atom is -0.414 e. The second-order valence-electron chi connectivity index (χ2n) is 3.32. The molecular formula is C12H6Cl2O4. The molecular weight excluding hydrogens is 279 g/mol. The Morgan fingerprint density at radius 3 is 2.28 bits per heavy atom. The van der Waals surface area contributed by atoms with Gasteiger partial charge in [-0.25, -0.2) is 9.59 Å². The first-order valence-electron chi connectivity index (χ1n) is 4.83. The van der Waals surface area contributed by atoms with Crippen LogP contribution in [0.1, 0.15) is 0 Å². The summed E-state index contributed by atoms with van der Waals surface area (Å²) in [5.41, 5.74) is -1.96. The molecule has 2 rings (SSSR count). The molecule has 0 spiro atoms. The van der Waals surface area contributed by atoms with E-state index in [0.29, 0.717) is 5.39 Å². The van der Waals surface area contributed by atoms with E-state index in [9.17, 15) is 9.59 Å². The van der Waals surface area contributed by atoms with Crippen molar-refractivity contribution in [2.75, 3.05) is 0 Å². The zero-order chi connectivity index (χ0) is 13.1. The minimum absolute atomic E-state index is 0.168. The number of hydrogen-bond donors (Lipinski definition) is 0. The first-order chi connectivity index (χ1) is 8.56. The van der Waals surface area contributed by atoms with Crippen LogP contribution in [0.3, 0.4) is 0 Å². The van der Waals surface area contributed by atoms with Crippen molar-refractivity contribution < 1.29 is 19.1 Å². The predicted octanol–water partition coefficient (Wildman–Crippen LogP) is 4.32. The molecule has 2 aromatic carbocycles. The maximum atomic E-state index is 10.8. The molecule has 0 atom stereocenters. The monoisotopic (exact) mass is 284 g/mol. The van der Waals surface area contributed by atoms with Crippen LogP contribution in [0.5, 0.6) is 11.5 Å². The molecule has 92 valence electrons. The van der Waals surface area contributed by atoms with E-state index in [0.717, 1.165) is 5.39 Å². The van der Waals surface area contributed by atoms with Gasteiger partial charge in [-0.05, 0) is 11.5 Å². The lowest BCUT2D eigenvalue weighted by Crippen LogP contribution is -2.00. The normalized spacial score (nSPS) is 10.1. The van der Waals surface area contributed by atoms with Crippen molar-refractivity contribution in [1.29, 1.82) is 0 Å². The van der Waals surface area contributed by atoms with Gasteiger partial charge in [0.05, 0.1) is 0 Å². The molecule has 6 heteroatoms. The molecule has 0 amide bonds. The SMILES string of the molecule is O=C(Cl)Oc1cc(OC(=O)Cl)c2ccccc2c1. The topological polar surface area (TPSA) is 52.6 Å². The molecule has 0 saturated heterocycles. The second-order valence-corrected chi connectivity index (χ2v) is 3.94. The molecule has 0 aliphatic rings.